The Morgan fingerprint density at radius 3 is 2.50 bits per heavy atom. The Labute approximate surface area is 192 Å². The molecule has 2 aromatic rings. The average Bonchev–Trinajstić information content (AvgIpc) is 3.21. The lowest BCUT2D eigenvalue weighted by atomic mass is 9.82. The quantitative estimate of drug-likeness (QED) is 0.471. The molecule has 3 atom stereocenters. The molecule has 184 valence electrons. The number of hydrogen-bond donors (Lipinski definition) is 3. The molecule has 0 saturated heterocycles. The Morgan fingerprint density at radius 2 is 1.94 bits per heavy atom. The number of hydrogen-bond acceptors (Lipinski definition) is 7. The predicted octanol–water partition coefficient (Wildman–Crippen LogP) is 2.81. The summed E-state index contributed by atoms with van der Waals surface area (Å²) >= 11 is 0. The fourth-order valence-electron chi connectivity index (χ4n) is 3.88. The highest BCUT2D eigenvalue weighted by Crippen LogP contribution is 2.35. The molecular formula is C20H22F4N6O3S. The molecule has 9 nitrogen and oxygen atoms in total. The highest BCUT2D eigenvalue weighted by Gasteiger charge is 2.46. The first-order valence-corrected chi connectivity index (χ1v) is 11.7. The van der Waals surface area contributed by atoms with Crippen LogP contribution in [0.2, 0.25) is 0 Å². The molecule has 1 aliphatic carbocycles. The van der Waals surface area contributed by atoms with Gasteiger partial charge in [0.05, 0.1) is 22.9 Å². The third-order valence-corrected chi connectivity index (χ3v) is 7.08. The van der Waals surface area contributed by atoms with Crippen LogP contribution in [0.25, 0.3) is 0 Å². The van der Waals surface area contributed by atoms with Crippen LogP contribution in [0.3, 0.4) is 0 Å². The Bertz CT molecular complexity index is 1170. The molecule has 1 aliphatic rings. The summed E-state index contributed by atoms with van der Waals surface area (Å²) in [6, 6.07) is 5.59. The first-order chi connectivity index (χ1) is 16.0. The molecule has 4 N–H and O–H groups in total. The van der Waals surface area contributed by atoms with E-state index in [2.05, 4.69) is 21.8 Å². The lowest BCUT2D eigenvalue weighted by Gasteiger charge is -2.33. The van der Waals surface area contributed by atoms with Gasteiger partial charge < -0.3 is 16.4 Å². The standard InChI is InChI=1S/C20H22F4N6O3S/c21-7-8-27-14-3-6-17(12(9-14)10-25)30-11-16(18(26)31)19(29-30)28-13-1-4-15(5-2-13)34(32,33)20(22,23)24/h1-2,4-5,11-12,14,17,27H,3,6-9H2,(H2,26,31)(H,28,29). The number of nitrogens with two attached hydrogens (primary N) is 1. The van der Waals surface area contributed by atoms with E-state index < -0.39 is 38.7 Å². The Hall–Kier alpha value is -3.18. The minimum absolute atomic E-state index is 0.00768. The van der Waals surface area contributed by atoms with E-state index in [0.717, 1.165) is 24.3 Å². The summed E-state index contributed by atoms with van der Waals surface area (Å²) in [5.74, 6) is -1.28. The molecule has 0 spiro atoms. The van der Waals surface area contributed by atoms with Crippen molar-refractivity contribution in [2.24, 2.45) is 11.7 Å². The lowest BCUT2D eigenvalue weighted by Crippen LogP contribution is -2.39. The molecule has 1 heterocycles. The van der Waals surface area contributed by atoms with Gasteiger partial charge in [-0.2, -0.15) is 23.5 Å². The Kier molecular flexibility index (Phi) is 7.47. The van der Waals surface area contributed by atoms with E-state index in [4.69, 9.17) is 5.73 Å². The van der Waals surface area contributed by atoms with Gasteiger partial charge >= 0.3 is 5.51 Å². The second-order valence-electron chi connectivity index (χ2n) is 7.79. The number of primary amides is 1. The van der Waals surface area contributed by atoms with Gasteiger partial charge in [0, 0.05) is 24.5 Å². The maximum absolute atomic E-state index is 12.7. The second-order valence-corrected chi connectivity index (χ2v) is 9.73. The van der Waals surface area contributed by atoms with E-state index in [-0.39, 0.29) is 35.7 Å². The van der Waals surface area contributed by atoms with Gasteiger partial charge in [0.25, 0.3) is 15.7 Å². The highest BCUT2D eigenvalue weighted by molar-refractivity contribution is 7.92. The fourth-order valence-corrected chi connectivity index (χ4v) is 4.64. The molecule has 1 fully saturated rings. The number of nitriles is 1. The molecule has 1 saturated carbocycles. The minimum atomic E-state index is -5.50. The summed E-state index contributed by atoms with van der Waals surface area (Å²) in [4.78, 5) is 11.0. The monoisotopic (exact) mass is 502 g/mol. The number of amides is 1. The summed E-state index contributed by atoms with van der Waals surface area (Å²) in [5, 5.41) is 19.7. The number of aromatic nitrogens is 2. The molecule has 1 aromatic carbocycles. The van der Waals surface area contributed by atoms with E-state index >= 15 is 0 Å². The van der Waals surface area contributed by atoms with Crippen molar-refractivity contribution in [3.63, 3.8) is 0 Å². The fraction of sp³-hybridized carbons (Fsp3) is 0.450. The zero-order chi connectivity index (χ0) is 25.1. The zero-order valence-corrected chi connectivity index (χ0v) is 18.5. The van der Waals surface area contributed by atoms with Gasteiger partial charge in [0.1, 0.15) is 12.2 Å². The van der Waals surface area contributed by atoms with Crippen molar-refractivity contribution in [1.82, 2.24) is 15.1 Å². The van der Waals surface area contributed by atoms with E-state index in [0.29, 0.717) is 19.3 Å². The summed E-state index contributed by atoms with van der Waals surface area (Å²) in [5.41, 5.74) is 0.163. The number of benzene rings is 1. The largest absolute Gasteiger partial charge is 0.501 e. The van der Waals surface area contributed by atoms with E-state index in [1.165, 1.54) is 10.9 Å². The number of nitrogens with zero attached hydrogens (tertiary/aromatic N) is 3. The number of rotatable bonds is 8. The predicted molar refractivity (Wildman–Crippen MR) is 113 cm³/mol. The van der Waals surface area contributed by atoms with Crippen LogP contribution in [-0.2, 0) is 9.84 Å². The maximum Gasteiger partial charge on any atom is 0.501 e. The van der Waals surface area contributed by atoms with Crippen molar-refractivity contribution < 1.29 is 30.8 Å². The summed E-state index contributed by atoms with van der Waals surface area (Å²) < 4.78 is 75.1. The molecule has 1 aromatic heterocycles. The SMILES string of the molecule is N#CC1CC(NCCF)CCC1n1cc(C(N)=O)c(Nc2ccc(S(=O)(=O)C(F)(F)F)cc2)n1. The van der Waals surface area contributed by atoms with Gasteiger partial charge in [0.15, 0.2) is 5.82 Å². The first kappa shape index (κ1) is 25.4. The van der Waals surface area contributed by atoms with Crippen LogP contribution >= 0.6 is 0 Å². The van der Waals surface area contributed by atoms with Crippen LogP contribution in [0.5, 0.6) is 0 Å². The molecule has 3 rings (SSSR count). The number of carbonyl (C=O) groups is 1. The van der Waals surface area contributed by atoms with Gasteiger partial charge in [-0.15, -0.1) is 0 Å². The maximum atomic E-state index is 12.7. The van der Waals surface area contributed by atoms with Gasteiger partial charge in [-0.05, 0) is 43.5 Å². The van der Waals surface area contributed by atoms with Crippen molar-refractivity contribution in [2.45, 2.75) is 41.7 Å². The van der Waals surface area contributed by atoms with Crippen molar-refractivity contribution in [1.29, 1.82) is 5.26 Å². The number of alkyl halides is 4. The van der Waals surface area contributed by atoms with Crippen molar-refractivity contribution in [2.75, 3.05) is 18.5 Å². The van der Waals surface area contributed by atoms with E-state index in [1.807, 2.05) is 0 Å². The van der Waals surface area contributed by atoms with Gasteiger partial charge in [-0.3, -0.25) is 9.48 Å². The third kappa shape index (κ3) is 5.31. The Morgan fingerprint density at radius 1 is 1.26 bits per heavy atom. The van der Waals surface area contributed by atoms with Crippen LogP contribution in [0.15, 0.2) is 35.4 Å². The molecule has 14 heteroatoms. The van der Waals surface area contributed by atoms with Crippen LogP contribution in [0.1, 0.15) is 35.7 Å². The summed E-state index contributed by atoms with van der Waals surface area (Å²) in [6.45, 7) is -0.325. The summed E-state index contributed by atoms with van der Waals surface area (Å²) in [7, 11) is -5.50. The average molecular weight is 502 g/mol. The molecule has 34 heavy (non-hydrogen) atoms. The lowest BCUT2D eigenvalue weighted by molar-refractivity contribution is -0.0436. The van der Waals surface area contributed by atoms with Crippen LogP contribution in [0, 0.1) is 17.2 Å². The number of sulfone groups is 1. The number of carbonyl (C=O) groups excluding carboxylic acids is 1. The topological polar surface area (TPSA) is 143 Å². The van der Waals surface area contributed by atoms with E-state index in [9.17, 15) is 36.0 Å². The smallest absolute Gasteiger partial charge is 0.365 e. The number of nitrogens with one attached hydrogen (secondary N) is 2. The minimum Gasteiger partial charge on any atom is -0.365 e. The van der Waals surface area contributed by atoms with Gasteiger partial charge in [0.2, 0.25) is 0 Å². The zero-order valence-electron chi connectivity index (χ0n) is 17.7. The third-order valence-electron chi connectivity index (χ3n) is 5.58. The molecule has 1 amide bonds. The van der Waals surface area contributed by atoms with Crippen molar-refractivity contribution in [3.05, 3.63) is 36.0 Å². The van der Waals surface area contributed by atoms with Crippen molar-refractivity contribution in [3.8, 4) is 6.07 Å². The van der Waals surface area contributed by atoms with Gasteiger partial charge in [-0.1, -0.05) is 0 Å². The molecule has 0 bridgehead atoms. The molecular weight excluding hydrogens is 480 g/mol. The normalized spacial score (nSPS) is 21.1. The molecule has 3 unspecified atom stereocenters. The van der Waals surface area contributed by atoms with E-state index in [1.54, 1.807) is 0 Å². The number of anilines is 2. The summed E-state index contributed by atoms with van der Waals surface area (Å²) in [6.07, 6.45) is 3.04. The highest BCUT2D eigenvalue weighted by atomic mass is 32.2. The second kappa shape index (κ2) is 9.98. The Balaban J connectivity index is 1.82. The van der Waals surface area contributed by atoms with Crippen LogP contribution in [-0.4, -0.2) is 48.9 Å². The first-order valence-electron chi connectivity index (χ1n) is 10.2. The molecule has 0 aliphatic heterocycles. The van der Waals surface area contributed by atoms with Crippen molar-refractivity contribution >= 4 is 27.2 Å². The molecule has 0 radical (unpaired) electrons. The number of halogens is 4. The van der Waals surface area contributed by atoms with Gasteiger partial charge in [-0.25, -0.2) is 12.8 Å². The van der Waals surface area contributed by atoms with Crippen LogP contribution in [0.4, 0.5) is 29.1 Å². The van der Waals surface area contributed by atoms with Crippen LogP contribution < -0.4 is 16.4 Å².